The van der Waals surface area contributed by atoms with Crippen LogP contribution in [0.25, 0.3) is 0 Å². The Kier molecular flexibility index (Phi) is 4.29. The van der Waals surface area contributed by atoms with Crippen LogP contribution in [-0.2, 0) is 11.8 Å². The van der Waals surface area contributed by atoms with Crippen LogP contribution in [0.5, 0.6) is 0 Å². The van der Waals surface area contributed by atoms with Gasteiger partial charge in [-0.2, -0.15) is 23.4 Å². The van der Waals surface area contributed by atoms with Crippen LogP contribution in [0.3, 0.4) is 0 Å². The average molecular weight is 516 g/mol. The summed E-state index contributed by atoms with van der Waals surface area (Å²) in [5.74, 6) is 2.02. The summed E-state index contributed by atoms with van der Waals surface area (Å²) in [5, 5.41) is 11.5. The van der Waals surface area contributed by atoms with Crippen LogP contribution in [-0.4, -0.2) is 73.1 Å². The third-order valence-electron chi connectivity index (χ3n) is 10.2. The van der Waals surface area contributed by atoms with Crippen molar-refractivity contribution in [2.45, 2.75) is 81.3 Å². The van der Waals surface area contributed by atoms with Crippen LogP contribution in [0.15, 0.2) is 12.4 Å². The third-order valence-corrected chi connectivity index (χ3v) is 10.2. The molecule has 0 atom stereocenters. The highest BCUT2D eigenvalue weighted by Gasteiger charge is 2.66. The van der Waals surface area contributed by atoms with Gasteiger partial charge in [-0.25, -0.2) is 14.5 Å². The fourth-order valence-corrected chi connectivity index (χ4v) is 7.77. The first-order chi connectivity index (χ1) is 17.6. The summed E-state index contributed by atoms with van der Waals surface area (Å²) in [6.45, 7) is 3.31. The van der Waals surface area contributed by atoms with Crippen molar-refractivity contribution in [1.29, 1.82) is 0 Å². The molecular formula is C26H32F3N7O. The number of halogens is 3. The van der Waals surface area contributed by atoms with E-state index in [1.165, 1.54) is 12.8 Å². The number of hydrogen-bond acceptors (Lipinski definition) is 4. The fourth-order valence-electron chi connectivity index (χ4n) is 7.77. The Bertz CT molecular complexity index is 1230. The normalized spacial score (nSPS) is 27.5. The first kappa shape index (κ1) is 22.4. The molecule has 2 spiro atoms. The summed E-state index contributed by atoms with van der Waals surface area (Å²) in [7, 11) is 0. The molecule has 8 nitrogen and oxygen atoms in total. The van der Waals surface area contributed by atoms with E-state index in [9.17, 15) is 18.0 Å². The highest BCUT2D eigenvalue weighted by atomic mass is 19.4. The zero-order chi connectivity index (χ0) is 25.2. The molecule has 2 aliphatic heterocycles. The molecule has 6 aliphatic rings. The van der Waals surface area contributed by atoms with Crippen molar-refractivity contribution in [2.24, 2.45) is 16.7 Å². The Morgan fingerprint density at radius 1 is 1.03 bits per heavy atom. The lowest BCUT2D eigenvalue weighted by molar-refractivity contribution is -0.161. The van der Waals surface area contributed by atoms with E-state index in [1.54, 1.807) is 6.07 Å². The summed E-state index contributed by atoms with van der Waals surface area (Å²) in [6.07, 6.45) is 5.31. The molecule has 4 aliphatic carbocycles. The molecule has 1 N–H and O–H groups in total. The Morgan fingerprint density at radius 2 is 1.68 bits per heavy atom. The van der Waals surface area contributed by atoms with Crippen LogP contribution < -0.4 is 0 Å². The topological polar surface area (TPSA) is 82.9 Å². The molecule has 0 aromatic carbocycles. The smallest absolute Gasteiger partial charge is 0.323 e. The van der Waals surface area contributed by atoms with Gasteiger partial charge in [-0.05, 0) is 69.8 Å². The molecule has 4 heterocycles. The summed E-state index contributed by atoms with van der Waals surface area (Å²) < 4.78 is 42.1. The van der Waals surface area contributed by atoms with Crippen LogP contribution in [0, 0.1) is 16.7 Å². The molecule has 0 unspecified atom stereocenters. The molecule has 2 aromatic rings. The Hall–Kier alpha value is -2.59. The largest absolute Gasteiger partial charge is 0.400 e. The van der Waals surface area contributed by atoms with Gasteiger partial charge in [0.1, 0.15) is 11.7 Å². The molecule has 4 saturated carbocycles. The second-order valence-corrected chi connectivity index (χ2v) is 13.3. The number of nitrogens with zero attached hydrogens (tertiary/aromatic N) is 6. The first-order valence-corrected chi connectivity index (χ1v) is 13.7. The van der Waals surface area contributed by atoms with E-state index < -0.39 is 11.6 Å². The molecular weight excluding hydrogens is 483 g/mol. The number of aromatic nitrogens is 5. The summed E-state index contributed by atoms with van der Waals surface area (Å²) >= 11 is 0. The molecule has 0 radical (unpaired) electrons. The number of amides is 2. The van der Waals surface area contributed by atoms with Gasteiger partial charge >= 0.3 is 12.2 Å². The maximum absolute atomic E-state index is 13.4. The van der Waals surface area contributed by atoms with Gasteiger partial charge in [0.15, 0.2) is 5.82 Å². The molecule has 2 saturated heterocycles. The number of urea groups is 1. The summed E-state index contributed by atoms with van der Waals surface area (Å²) in [4.78, 5) is 21.4. The number of H-pyrrole nitrogens is 1. The number of carbonyl (C=O) groups is 1. The second kappa shape index (κ2) is 7.08. The minimum Gasteiger partial charge on any atom is -0.323 e. The lowest BCUT2D eigenvalue weighted by Gasteiger charge is -2.63. The Balaban J connectivity index is 0.781. The van der Waals surface area contributed by atoms with E-state index in [0.29, 0.717) is 17.9 Å². The maximum Gasteiger partial charge on any atom is 0.400 e. The molecule has 2 amide bonds. The SMILES string of the molecule is O=C(N1CC2(CC(Cc3cc(C4(C(F)(F)F)CC4)n[nH]3)C2)C1)N1CC2(CC(n3cnc(C4CC4)n3)C2)C1. The average Bonchev–Trinajstić information content (AvgIpc) is 3.66. The number of likely N-dealkylation sites (tertiary alicyclic amines) is 2. The number of alkyl halides is 3. The lowest BCUT2D eigenvalue weighted by atomic mass is 9.56. The van der Waals surface area contributed by atoms with Crippen LogP contribution >= 0.6 is 0 Å². The fraction of sp³-hybridized carbons (Fsp3) is 0.769. The molecule has 11 heteroatoms. The van der Waals surface area contributed by atoms with Gasteiger partial charge in [0.05, 0.1) is 11.7 Å². The van der Waals surface area contributed by atoms with Crippen molar-refractivity contribution in [2.75, 3.05) is 26.2 Å². The van der Waals surface area contributed by atoms with E-state index in [4.69, 9.17) is 0 Å². The zero-order valence-corrected chi connectivity index (χ0v) is 20.8. The standard InChI is InChI=1S/C26H32F3N7O/c27-26(28,29)25(3-4-25)20-6-18(31-32-20)5-16-7-23(8-16)11-34(12-23)22(37)35-13-24(14-35)9-19(10-24)36-15-30-21(33-36)17-1-2-17/h6,15-17,19H,1-5,7-14H2,(H,31,32). The van der Waals surface area contributed by atoms with Crippen LogP contribution in [0.2, 0.25) is 0 Å². The molecule has 0 bridgehead atoms. The van der Waals surface area contributed by atoms with Crippen LogP contribution in [0.1, 0.15) is 80.5 Å². The molecule has 37 heavy (non-hydrogen) atoms. The van der Waals surface area contributed by atoms with Crippen molar-refractivity contribution in [3.8, 4) is 0 Å². The lowest BCUT2D eigenvalue weighted by Crippen LogP contribution is -2.71. The molecule has 8 rings (SSSR count). The Morgan fingerprint density at radius 3 is 2.27 bits per heavy atom. The highest BCUT2D eigenvalue weighted by molar-refractivity contribution is 5.77. The van der Waals surface area contributed by atoms with Crippen molar-refractivity contribution in [1.82, 2.24) is 34.8 Å². The second-order valence-electron chi connectivity index (χ2n) is 13.3. The predicted molar refractivity (Wildman–Crippen MR) is 126 cm³/mol. The van der Waals surface area contributed by atoms with Crippen molar-refractivity contribution in [3.63, 3.8) is 0 Å². The van der Waals surface area contributed by atoms with Gasteiger partial charge in [0, 0.05) is 48.6 Å². The van der Waals surface area contributed by atoms with E-state index >= 15 is 0 Å². The van der Waals surface area contributed by atoms with E-state index in [2.05, 4.69) is 20.3 Å². The number of rotatable bonds is 5. The highest BCUT2D eigenvalue weighted by Crippen LogP contribution is 2.59. The zero-order valence-electron chi connectivity index (χ0n) is 20.8. The Labute approximate surface area is 213 Å². The number of hydrogen-bond donors (Lipinski definition) is 1. The van der Waals surface area contributed by atoms with Crippen molar-refractivity contribution >= 4 is 6.03 Å². The number of carbonyl (C=O) groups excluding carboxylic acids is 1. The quantitative estimate of drug-likeness (QED) is 0.648. The van der Waals surface area contributed by atoms with Gasteiger partial charge in [-0.1, -0.05) is 0 Å². The van der Waals surface area contributed by atoms with E-state index in [1.807, 2.05) is 20.8 Å². The van der Waals surface area contributed by atoms with Crippen molar-refractivity contribution in [3.05, 3.63) is 29.6 Å². The minimum absolute atomic E-state index is 0.138. The molecule has 6 fully saturated rings. The monoisotopic (exact) mass is 515 g/mol. The van der Waals surface area contributed by atoms with Crippen molar-refractivity contribution < 1.29 is 18.0 Å². The van der Waals surface area contributed by atoms with Gasteiger partial charge in [-0.3, -0.25) is 5.10 Å². The van der Waals surface area contributed by atoms with Crippen LogP contribution in [0.4, 0.5) is 18.0 Å². The minimum atomic E-state index is -4.23. The number of aromatic amines is 1. The summed E-state index contributed by atoms with van der Waals surface area (Å²) in [5.41, 5.74) is -0.285. The van der Waals surface area contributed by atoms with Gasteiger partial charge in [0.2, 0.25) is 0 Å². The first-order valence-electron chi connectivity index (χ1n) is 13.7. The summed E-state index contributed by atoms with van der Waals surface area (Å²) in [6, 6.07) is 2.22. The third kappa shape index (κ3) is 3.40. The predicted octanol–water partition coefficient (Wildman–Crippen LogP) is 4.18. The molecule has 2 aromatic heterocycles. The van der Waals surface area contributed by atoms with Gasteiger partial charge in [0.25, 0.3) is 0 Å². The van der Waals surface area contributed by atoms with Gasteiger partial charge < -0.3 is 9.80 Å². The number of nitrogens with one attached hydrogen (secondary N) is 1. The molecule has 198 valence electrons. The van der Waals surface area contributed by atoms with E-state index in [0.717, 1.165) is 69.8 Å². The van der Waals surface area contributed by atoms with E-state index in [-0.39, 0.29) is 35.4 Å². The maximum atomic E-state index is 13.4. The van der Waals surface area contributed by atoms with Gasteiger partial charge in [-0.15, -0.1) is 0 Å².